The van der Waals surface area contributed by atoms with Gasteiger partial charge in [0.05, 0.1) is 19.1 Å². The van der Waals surface area contributed by atoms with Gasteiger partial charge in [0.2, 0.25) is 0 Å². The van der Waals surface area contributed by atoms with Gasteiger partial charge in [-0.15, -0.1) is 0 Å². The summed E-state index contributed by atoms with van der Waals surface area (Å²) in [7, 11) is 0. The van der Waals surface area contributed by atoms with Gasteiger partial charge in [-0.25, -0.2) is 0 Å². The monoisotopic (exact) mass is 344 g/mol. The largest absolute Gasteiger partial charge is 0.494 e. The van der Waals surface area contributed by atoms with Crippen LogP contribution in [0.1, 0.15) is 45.3 Å². The van der Waals surface area contributed by atoms with E-state index in [1.807, 2.05) is 26.8 Å². The molecule has 0 saturated heterocycles. The third kappa shape index (κ3) is 5.13. The maximum atomic E-state index is 10.8. The van der Waals surface area contributed by atoms with Crippen LogP contribution in [0.2, 0.25) is 0 Å². The highest BCUT2D eigenvalue weighted by Gasteiger charge is 2.26. The van der Waals surface area contributed by atoms with Crippen molar-refractivity contribution in [3.63, 3.8) is 0 Å². The predicted molar refractivity (Wildman–Crippen MR) is 80.9 cm³/mol. The average molecular weight is 345 g/mol. The summed E-state index contributed by atoms with van der Waals surface area (Å²) in [5.74, 6) is -0.118. The van der Waals surface area contributed by atoms with Gasteiger partial charge in [-0.05, 0) is 36.5 Å². The fourth-order valence-electron chi connectivity index (χ4n) is 2.15. The summed E-state index contributed by atoms with van der Waals surface area (Å²) in [5, 5.41) is 19.2. The van der Waals surface area contributed by atoms with E-state index in [1.165, 1.54) is 0 Å². The quantitative estimate of drug-likeness (QED) is 0.789. The molecule has 0 amide bonds. The van der Waals surface area contributed by atoms with E-state index in [2.05, 4.69) is 15.9 Å². The topological polar surface area (TPSA) is 66.8 Å². The second kappa shape index (κ2) is 7.09. The van der Waals surface area contributed by atoms with Gasteiger partial charge in [0.25, 0.3) is 0 Å². The predicted octanol–water partition coefficient (Wildman–Crippen LogP) is 3.77. The third-order valence-corrected chi connectivity index (χ3v) is 3.70. The Bertz CT molecular complexity index is 471. The van der Waals surface area contributed by atoms with Crippen LogP contribution in [0, 0.1) is 5.41 Å². The van der Waals surface area contributed by atoms with Crippen LogP contribution in [0.25, 0.3) is 0 Å². The zero-order valence-corrected chi connectivity index (χ0v) is 13.6. The number of aliphatic hydroxyl groups excluding tert-OH is 1. The summed E-state index contributed by atoms with van der Waals surface area (Å²) < 4.78 is 6.15. The van der Waals surface area contributed by atoms with Gasteiger partial charge in [-0.2, -0.15) is 0 Å². The number of rotatable bonds is 7. The molecule has 0 heterocycles. The van der Waals surface area contributed by atoms with E-state index < -0.39 is 17.5 Å². The van der Waals surface area contributed by atoms with Crippen molar-refractivity contribution in [2.24, 2.45) is 5.41 Å². The molecule has 0 aliphatic rings. The summed E-state index contributed by atoms with van der Waals surface area (Å²) in [6.45, 7) is 6.17. The minimum absolute atomic E-state index is 0.0265. The molecular formula is C15H21BrO4. The van der Waals surface area contributed by atoms with Gasteiger partial charge in [-0.1, -0.05) is 35.8 Å². The van der Waals surface area contributed by atoms with Gasteiger partial charge in [0, 0.05) is 4.47 Å². The first-order valence-electron chi connectivity index (χ1n) is 6.57. The third-order valence-electron chi connectivity index (χ3n) is 3.02. The molecule has 0 saturated carbocycles. The molecule has 0 aromatic heterocycles. The fraction of sp³-hybridized carbons (Fsp3) is 0.533. The Kier molecular flexibility index (Phi) is 6.02. The average Bonchev–Trinajstić information content (AvgIpc) is 2.26. The standard InChI is InChI=1S/C15H21BrO4/c1-4-20-10-5-6-11(12(16)7-10)13(17)8-15(2,3)9-14(18)19/h5-7,13,17H,4,8-9H2,1-3H3,(H,18,19). The number of halogens is 1. The SMILES string of the molecule is CCOc1ccc(C(O)CC(C)(C)CC(=O)O)c(Br)c1. The van der Waals surface area contributed by atoms with Crippen molar-refractivity contribution in [2.45, 2.75) is 39.7 Å². The van der Waals surface area contributed by atoms with E-state index in [0.29, 0.717) is 13.0 Å². The Balaban J connectivity index is 2.82. The van der Waals surface area contributed by atoms with Gasteiger partial charge < -0.3 is 14.9 Å². The molecule has 1 atom stereocenters. The summed E-state index contributed by atoms with van der Waals surface area (Å²) in [6, 6.07) is 5.42. The van der Waals surface area contributed by atoms with Crippen LogP contribution in [0.5, 0.6) is 5.75 Å². The van der Waals surface area contributed by atoms with Gasteiger partial charge in [-0.3, -0.25) is 4.79 Å². The van der Waals surface area contributed by atoms with E-state index >= 15 is 0 Å². The number of carboxylic acids is 1. The number of aliphatic carboxylic acids is 1. The van der Waals surface area contributed by atoms with Crippen molar-refractivity contribution in [1.82, 2.24) is 0 Å². The lowest BCUT2D eigenvalue weighted by Gasteiger charge is -2.26. The number of benzene rings is 1. The van der Waals surface area contributed by atoms with Crippen molar-refractivity contribution in [3.05, 3.63) is 28.2 Å². The molecule has 4 nitrogen and oxygen atoms in total. The van der Waals surface area contributed by atoms with Crippen molar-refractivity contribution in [3.8, 4) is 5.75 Å². The van der Waals surface area contributed by atoms with Gasteiger partial charge in [0.15, 0.2) is 0 Å². The maximum absolute atomic E-state index is 10.8. The van der Waals surface area contributed by atoms with Crippen molar-refractivity contribution >= 4 is 21.9 Å². The van der Waals surface area contributed by atoms with E-state index in [-0.39, 0.29) is 6.42 Å². The molecule has 2 N–H and O–H groups in total. The maximum Gasteiger partial charge on any atom is 0.303 e. The van der Waals surface area contributed by atoms with E-state index in [4.69, 9.17) is 9.84 Å². The molecule has 1 aromatic carbocycles. The molecule has 0 fully saturated rings. The van der Waals surface area contributed by atoms with Crippen LogP contribution in [0.4, 0.5) is 0 Å². The summed E-state index contributed by atoms with van der Waals surface area (Å²) in [6.07, 6.45) is -0.306. The minimum atomic E-state index is -0.854. The molecule has 1 aromatic rings. The Hall–Kier alpha value is -1.07. The van der Waals surface area contributed by atoms with E-state index in [9.17, 15) is 9.90 Å². The van der Waals surface area contributed by atoms with Gasteiger partial charge >= 0.3 is 5.97 Å². The normalized spacial score (nSPS) is 13.1. The highest BCUT2D eigenvalue weighted by atomic mass is 79.9. The lowest BCUT2D eigenvalue weighted by Crippen LogP contribution is -2.20. The second-order valence-electron chi connectivity index (χ2n) is 5.57. The number of aliphatic hydroxyl groups is 1. The first-order valence-corrected chi connectivity index (χ1v) is 7.36. The molecule has 0 spiro atoms. The number of hydrogen-bond acceptors (Lipinski definition) is 3. The Morgan fingerprint density at radius 3 is 2.60 bits per heavy atom. The first-order chi connectivity index (χ1) is 9.25. The number of carboxylic acid groups (broad SMARTS) is 1. The van der Waals surface area contributed by atoms with Crippen molar-refractivity contribution in [1.29, 1.82) is 0 Å². The molecule has 112 valence electrons. The Morgan fingerprint density at radius 1 is 1.45 bits per heavy atom. The lowest BCUT2D eigenvalue weighted by molar-refractivity contribution is -0.139. The zero-order chi connectivity index (χ0) is 15.3. The van der Waals surface area contributed by atoms with Crippen LogP contribution in [0.3, 0.4) is 0 Å². The van der Waals surface area contributed by atoms with Gasteiger partial charge in [0.1, 0.15) is 5.75 Å². The van der Waals surface area contributed by atoms with E-state index in [1.54, 1.807) is 12.1 Å². The zero-order valence-electron chi connectivity index (χ0n) is 12.0. The van der Waals surface area contributed by atoms with E-state index in [0.717, 1.165) is 15.8 Å². The summed E-state index contributed by atoms with van der Waals surface area (Å²) >= 11 is 3.42. The van der Waals surface area contributed by atoms with Crippen LogP contribution in [0.15, 0.2) is 22.7 Å². The molecule has 0 aliphatic heterocycles. The molecule has 1 rings (SSSR count). The molecule has 0 aliphatic carbocycles. The number of ether oxygens (including phenoxy) is 1. The Labute approximate surface area is 127 Å². The first kappa shape index (κ1) is 17.0. The van der Waals surface area contributed by atoms with Crippen molar-refractivity contribution < 1.29 is 19.7 Å². The Morgan fingerprint density at radius 2 is 2.10 bits per heavy atom. The number of carbonyl (C=O) groups is 1. The minimum Gasteiger partial charge on any atom is -0.494 e. The molecule has 1 unspecified atom stereocenters. The smallest absolute Gasteiger partial charge is 0.303 e. The second-order valence-corrected chi connectivity index (χ2v) is 6.43. The lowest BCUT2D eigenvalue weighted by atomic mass is 9.82. The highest BCUT2D eigenvalue weighted by molar-refractivity contribution is 9.10. The van der Waals surface area contributed by atoms with Crippen LogP contribution >= 0.6 is 15.9 Å². The summed E-state index contributed by atoms with van der Waals surface area (Å²) in [4.78, 5) is 10.8. The molecule has 0 radical (unpaired) electrons. The molecule has 5 heteroatoms. The van der Waals surface area contributed by atoms with Crippen LogP contribution < -0.4 is 4.74 Å². The fourth-order valence-corrected chi connectivity index (χ4v) is 2.77. The van der Waals surface area contributed by atoms with Crippen LogP contribution in [-0.4, -0.2) is 22.8 Å². The van der Waals surface area contributed by atoms with Crippen molar-refractivity contribution in [2.75, 3.05) is 6.61 Å². The highest BCUT2D eigenvalue weighted by Crippen LogP contribution is 2.36. The molecule has 20 heavy (non-hydrogen) atoms. The molecular weight excluding hydrogens is 324 g/mol. The van der Waals surface area contributed by atoms with Crippen LogP contribution in [-0.2, 0) is 4.79 Å². The number of hydrogen-bond donors (Lipinski definition) is 2. The molecule has 0 bridgehead atoms. The summed E-state index contributed by atoms with van der Waals surface area (Å²) in [5.41, 5.74) is 0.274.